The van der Waals surface area contributed by atoms with Crippen molar-refractivity contribution in [1.29, 1.82) is 0 Å². The minimum atomic E-state index is -0.144. The summed E-state index contributed by atoms with van der Waals surface area (Å²) in [7, 11) is 1.81. The summed E-state index contributed by atoms with van der Waals surface area (Å²) < 4.78 is 5.52. The van der Waals surface area contributed by atoms with Gasteiger partial charge in [-0.15, -0.1) is 0 Å². The molecule has 1 saturated heterocycles. The minimum absolute atomic E-state index is 0.0767. The van der Waals surface area contributed by atoms with E-state index in [0.29, 0.717) is 24.6 Å². The molecule has 2 atom stereocenters. The van der Waals surface area contributed by atoms with Crippen molar-refractivity contribution >= 4 is 5.91 Å². The van der Waals surface area contributed by atoms with Crippen LogP contribution in [0.5, 0.6) is 0 Å². The zero-order chi connectivity index (χ0) is 17.9. The topological polar surface area (TPSA) is 72.1 Å². The number of carbonyl (C=O) groups excluding carboxylic acids is 1. The molecule has 0 spiro atoms. The van der Waals surface area contributed by atoms with Crippen LogP contribution in [0.15, 0.2) is 59.4 Å². The molecule has 2 aromatic heterocycles. The lowest BCUT2D eigenvalue weighted by atomic mass is 9.94. The quantitative estimate of drug-likeness (QED) is 0.709. The Kier molecular flexibility index (Phi) is 4.48. The third kappa shape index (κ3) is 3.22. The van der Waals surface area contributed by atoms with Crippen LogP contribution in [0.4, 0.5) is 0 Å². The van der Waals surface area contributed by atoms with Crippen LogP contribution in [0.1, 0.15) is 41.2 Å². The van der Waals surface area contributed by atoms with Gasteiger partial charge in [0.05, 0.1) is 12.0 Å². The van der Waals surface area contributed by atoms with Crippen molar-refractivity contribution in [2.45, 2.75) is 31.2 Å². The van der Waals surface area contributed by atoms with Gasteiger partial charge in [0.2, 0.25) is 11.8 Å². The molecule has 1 aliphatic heterocycles. The zero-order valence-corrected chi connectivity index (χ0v) is 14.6. The summed E-state index contributed by atoms with van der Waals surface area (Å²) in [5.41, 5.74) is 2.22. The van der Waals surface area contributed by atoms with E-state index >= 15 is 0 Å². The molecule has 0 saturated carbocycles. The van der Waals surface area contributed by atoms with Gasteiger partial charge in [-0.3, -0.25) is 9.78 Å². The van der Waals surface area contributed by atoms with Gasteiger partial charge in [0.15, 0.2) is 5.82 Å². The molecule has 3 heterocycles. The Bertz CT molecular complexity index is 879. The van der Waals surface area contributed by atoms with Gasteiger partial charge in [0, 0.05) is 32.3 Å². The van der Waals surface area contributed by atoms with Gasteiger partial charge in [0.25, 0.3) is 0 Å². The predicted molar refractivity (Wildman–Crippen MR) is 95.3 cm³/mol. The van der Waals surface area contributed by atoms with Crippen molar-refractivity contribution in [1.82, 2.24) is 20.0 Å². The number of benzene rings is 1. The molecule has 6 heteroatoms. The van der Waals surface area contributed by atoms with Crippen molar-refractivity contribution < 1.29 is 9.32 Å². The van der Waals surface area contributed by atoms with Crippen molar-refractivity contribution in [3.8, 4) is 0 Å². The van der Waals surface area contributed by atoms with E-state index in [9.17, 15) is 4.79 Å². The Hall–Kier alpha value is -3.02. The Morgan fingerprint density at radius 1 is 1.15 bits per heavy atom. The molecular formula is C20H20N4O2. The van der Waals surface area contributed by atoms with Crippen LogP contribution in [0.25, 0.3) is 0 Å². The number of hydrogen-bond donors (Lipinski definition) is 0. The number of aromatic nitrogens is 3. The third-order valence-corrected chi connectivity index (χ3v) is 4.89. The molecule has 4 rings (SSSR count). The summed E-state index contributed by atoms with van der Waals surface area (Å²) >= 11 is 0. The highest BCUT2D eigenvalue weighted by Crippen LogP contribution is 2.42. The first kappa shape index (κ1) is 16.4. The smallest absolute Gasteiger partial charge is 0.232 e. The van der Waals surface area contributed by atoms with E-state index < -0.39 is 0 Å². The van der Waals surface area contributed by atoms with Gasteiger partial charge in [0.1, 0.15) is 0 Å². The number of carbonyl (C=O) groups is 1. The fourth-order valence-electron chi connectivity index (χ4n) is 3.52. The fraction of sp³-hybridized carbons (Fsp3) is 0.300. The van der Waals surface area contributed by atoms with E-state index in [1.807, 2.05) is 37.4 Å². The standard InChI is InChI=1S/C20H20N4O2/c1-24-18(25)12-16(19(24)15-8-5-11-21-13-15)20-22-17(23-26-20)10-9-14-6-3-2-4-7-14/h2-8,11,13,16,19H,9-10,12H2,1H3/t16-,19+/m0/s1. The lowest BCUT2D eigenvalue weighted by molar-refractivity contribution is -0.127. The summed E-state index contributed by atoms with van der Waals surface area (Å²) in [5.74, 6) is 1.14. The molecule has 3 aromatic rings. The monoisotopic (exact) mass is 348 g/mol. The molecule has 0 radical (unpaired) electrons. The molecule has 132 valence electrons. The molecule has 0 aliphatic carbocycles. The Balaban J connectivity index is 1.53. The van der Waals surface area contributed by atoms with Crippen LogP contribution in [0.3, 0.4) is 0 Å². The molecule has 0 unspecified atom stereocenters. The van der Waals surface area contributed by atoms with Crippen LogP contribution >= 0.6 is 0 Å². The maximum Gasteiger partial charge on any atom is 0.232 e. The van der Waals surface area contributed by atoms with Gasteiger partial charge in [-0.1, -0.05) is 41.6 Å². The second kappa shape index (κ2) is 7.07. The van der Waals surface area contributed by atoms with Crippen LogP contribution in [-0.2, 0) is 17.6 Å². The number of pyridine rings is 1. The zero-order valence-electron chi connectivity index (χ0n) is 14.6. The fourth-order valence-corrected chi connectivity index (χ4v) is 3.52. The Morgan fingerprint density at radius 3 is 2.77 bits per heavy atom. The maximum atomic E-state index is 12.3. The molecule has 1 aromatic carbocycles. The minimum Gasteiger partial charge on any atom is -0.339 e. The first-order chi connectivity index (χ1) is 12.7. The number of likely N-dealkylation sites (N-methyl/N-ethyl adjacent to an activating group) is 1. The number of likely N-dealkylation sites (tertiary alicyclic amines) is 1. The Labute approximate surface area is 151 Å². The summed E-state index contributed by atoms with van der Waals surface area (Å²) in [6, 6.07) is 14.0. The summed E-state index contributed by atoms with van der Waals surface area (Å²) in [4.78, 5) is 22.8. The number of hydrogen-bond acceptors (Lipinski definition) is 5. The van der Waals surface area contributed by atoms with Crippen molar-refractivity contribution in [2.24, 2.45) is 0 Å². The van der Waals surface area contributed by atoms with Gasteiger partial charge < -0.3 is 9.42 Å². The summed E-state index contributed by atoms with van der Waals surface area (Å²) in [6.45, 7) is 0. The predicted octanol–water partition coefficient (Wildman–Crippen LogP) is 2.94. The first-order valence-corrected chi connectivity index (χ1v) is 8.74. The van der Waals surface area contributed by atoms with Crippen molar-refractivity contribution in [3.63, 3.8) is 0 Å². The van der Waals surface area contributed by atoms with Gasteiger partial charge in [-0.2, -0.15) is 4.98 Å². The summed E-state index contributed by atoms with van der Waals surface area (Å²) in [6.07, 6.45) is 5.45. The van der Waals surface area contributed by atoms with E-state index in [1.165, 1.54) is 5.56 Å². The molecule has 0 N–H and O–H groups in total. The van der Waals surface area contributed by atoms with E-state index in [2.05, 4.69) is 27.3 Å². The van der Waals surface area contributed by atoms with Crippen LogP contribution in [-0.4, -0.2) is 33.0 Å². The highest BCUT2D eigenvalue weighted by atomic mass is 16.5. The highest BCUT2D eigenvalue weighted by molar-refractivity contribution is 5.80. The molecule has 1 fully saturated rings. The second-order valence-corrected chi connectivity index (χ2v) is 6.58. The normalized spacial score (nSPS) is 19.9. The lowest BCUT2D eigenvalue weighted by Crippen LogP contribution is -2.24. The van der Waals surface area contributed by atoms with Gasteiger partial charge >= 0.3 is 0 Å². The Morgan fingerprint density at radius 2 is 2.00 bits per heavy atom. The average Bonchev–Trinajstić information content (AvgIpc) is 3.27. The largest absolute Gasteiger partial charge is 0.339 e. The molecule has 1 amide bonds. The van der Waals surface area contributed by atoms with E-state index in [4.69, 9.17) is 4.52 Å². The van der Waals surface area contributed by atoms with Gasteiger partial charge in [-0.05, 0) is 23.6 Å². The second-order valence-electron chi connectivity index (χ2n) is 6.58. The summed E-state index contributed by atoms with van der Waals surface area (Å²) in [5, 5.41) is 4.12. The van der Waals surface area contributed by atoms with Crippen molar-refractivity contribution in [3.05, 3.63) is 77.7 Å². The number of nitrogens with zero attached hydrogens (tertiary/aromatic N) is 4. The molecule has 26 heavy (non-hydrogen) atoms. The molecule has 0 bridgehead atoms. The molecule has 6 nitrogen and oxygen atoms in total. The van der Waals surface area contributed by atoms with Gasteiger partial charge in [-0.25, -0.2) is 0 Å². The number of rotatable bonds is 5. The maximum absolute atomic E-state index is 12.3. The van der Waals surface area contributed by atoms with Crippen LogP contribution in [0.2, 0.25) is 0 Å². The van der Waals surface area contributed by atoms with Crippen molar-refractivity contribution in [2.75, 3.05) is 7.05 Å². The highest BCUT2D eigenvalue weighted by Gasteiger charge is 2.42. The molecular weight excluding hydrogens is 328 g/mol. The SMILES string of the molecule is CN1C(=O)C[C@H](c2nc(CCc3ccccc3)no2)[C@H]1c1cccnc1. The average molecular weight is 348 g/mol. The van der Waals surface area contributed by atoms with E-state index in [1.54, 1.807) is 17.3 Å². The lowest BCUT2D eigenvalue weighted by Gasteiger charge is -2.23. The number of amides is 1. The van der Waals surface area contributed by atoms with Crippen LogP contribution < -0.4 is 0 Å². The molecule has 1 aliphatic rings. The first-order valence-electron chi connectivity index (χ1n) is 8.74. The van der Waals surface area contributed by atoms with Crippen LogP contribution in [0, 0.1) is 0 Å². The van der Waals surface area contributed by atoms with E-state index in [0.717, 1.165) is 12.0 Å². The number of aryl methyl sites for hydroxylation is 2. The van der Waals surface area contributed by atoms with E-state index in [-0.39, 0.29) is 17.9 Å². The third-order valence-electron chi connectivity index (χ3n) is 4.89.